The Bertz CT molecular complexity index is 696. The number of hydrogen-bond acceptors (Lipinski definition) is 3. The van der Waals surface area contributed by atoms with Gasteiger partial charge in [0, 0.05) is 22.6 Å². The summed E-state index contributed by atoms with van der Waals surface area (Å²) in [4.78, 5) is 3.18. The number of hydrogen-bond donors (Lipinski definition) is 1. The number of aromatic nitrogens is 1. The number of H-pyrrole nitrogens is 1. The third kappa shape index (κ3) is 1.76. The van der Waals surface area contributed by atoms with Crippen molar-refractivity contribution in [3.8, 4) is 6.07 Å². The van der Waals surface area contributed by atoms with Crippen LogP contribution < -0.4 is 5.46 Å². The van der Waals surface area contributed by atoms with Crippen LogP contribution in [0.15, 0.2) is 24.4 Å². The van der Waals surface area contributed by atoms with Gasteiger partial charge in [-0.1, -0.05) is 6.07 Å². The van der Waals surface area contributed by atoms with Gasteiger partial charge in [0.1, 0.15) is 0 Å². The number of nitrogens with one attached hydrogen (secondary N) is 1. The van der Waals surface area contributed by atoms with E-state index in [0.717, 1.165) is 16.4 Å². The molecule has 0 aliphatic carbocycles. The zero-order chi connectivity index (χ0) is 14.5. The molecule has 1 fully saturated rings. The Balaban J connectivity index is 2.12. The van der Waals surface area contributed by atoms with Crippen molar-refractivity contribution in [2.75, 3.05) is 0 Å². The standard InChI is InChI=1S/C15H17BN2O2/c1-14(2)15(3,4)20-16(19-14)11-9-18-12-7-5-6-10(8-17)13(11)12/h5-7,9,18H,1-4H3. The number of benzene rings is 1. The van der Waals surface area contributed by atoms with Gasteiger partial charge < -0.3 is 14.3 Å². The average Bonchev–Trinajstić information content (AvgIpc) is 2.88. The predicted molar refractivity (Wildman–Crippen MR) is 78.7 cm³/mol. The lowest BCUT2D eigenvalue weighted by molar-refractivity contribution is 0.00578. The maximum atomic E-state index is 9.28. The fraction of sp³-hybridized carbons (Fsp3) is 0.400. The maximum Gasteiger partial charge on any atom is 0.497 e. The highest BCUT2D eigenvalue weighted by Gasteiger charge is 2.52. The largest absolute Gasteiger partial charge is 0.497 e. The Kier molecular flexibility index (Phi) is 2.72. The van der Waals surface area contributed by atoms with Crippen LogP contribution in [-0.2, 0) is 9.31 Å². The van der Waals surface area contributed by atoms with Crippen molar-refractivity contribution in [2.24, 2.45) is 0 Å². The van der Waals surface area contributed by atoms with Gasteiger partial charge in [0.15, 0.2) is 0 Å². The highest BCUT2D eigenvalue weighted by atomic mass is 16.7. The van der Waals surface area contributed by atoms with Gasteiger partial charge >= 0.3 is 7.12 Å². The molecule has 0 unspecified atom stereocenters. The van der Waals surface area contributed by atoms with Crippen molar-refractivity contribution in [1.29, 1.82) is 5.26 Å². The van der Waals surface area contributed by atoms with E-state index in [1.54, 1.807) is 0 Å². The molecule has 0 radical (unpaired) electrons. The lowest BCUT2D eigenvalue weighted by atomic mass is 9.78. The van der Waals surface area contributed by atoms with Crippen LogP contribution in [0.1, 0.15) is 33.3 Å². The van der Waals surface area contributed by atoms with Gasteiger partial charge in [-0.15, -0.1) is 0 Å². The van der Waals surface area contributed by atoms with Crippen LogP contribution in [0.4, 0.5) is 0 Å². The highest BCUT2D eigenvalue weighted by molar-refractivity contribution is 6.65. The van der Waals surface area contributed by atoms with Crippen molar-refractivity contribution < 1.29 is 9.31 Å². The van der Waals surface area contributed by atoms with Crippen molar-refractivity contribution in [3.05, 3.63) is 30.0 Å². The summed E-state index contributed by atoms with van der Waals surface area (Å²) < 4.78 is 12.1. The van der Waals surface area contributed by atoms with Crippen LogP contribution in [-0.4, -0.2) is 23.3 Å². The second-order valence-electron chi connectivity index (χ2n) is 6.17. The second kappa shape index (κ2) is 4.11. The summed E-state index contributed by atoms with van der Waals surface area (Å²) in [5.74, 6) is 0. The Morgan fingerprint density at radius 2 is 1.80 bits per heavy atom. The smallest absolute Gasteiger partial charge is 0.399 e. The van der Waals surface area contributed by atoms with Crippen molar-refractivity contribution >= 4 is 23.5 Å². The normalized spacial score (nSPS) is 20.2. The molecule has 1 aromatic heterocycles. The number of fused-ring (bicyclic) bond motifs is 1. The molecule has 5 heteroatoms. The summed E-state index contributed by atoms with van der Waals surface area (Å²) in [7, 11) is -0.455. The molecule has 2 aromatic rings. The summed E-state index contributed by atoms with van der Waals surface area (Å²) >= 11 is 0. The van der Waals surface area contributed by atoms with Crippen LogP contribution in [0.3, 0.4) is 0 Å². The molecule has 102 valence electrons. The molecule has 4 nitrogen and oxygen atoms in total. The summed E-state index contributed by atoms with van der Waals surface area (Å²) in [6.07, 6.45) is 1.87. The Morgan fingerprint density at radius 1 is 1.15 bits per heavy atom. The third-order valence-electron chi connectivity index (χ3n) is 4.36. The van der Waals surface area contributed by atoms with E-state index in [4.69, 9.17) is 9.31 Å². The average molecular weight is 268 g/mol. The minimum absolute atomic E-state index is 0.386. The Morgan fingerprint density at radius 3 is 2.40 bits per heavy atom. The van der Waals surface area contributed by atoms with Gasteiger partial charge in [0.2, 0.25) is 0 Å². The fourth-order valence-electron chi connectivity index (χ4n) is 2.46. The molecule has 20 heavy (non-hydrogen) atoms. The SMILES string of the molecule is CC1(C)OB(c2c[nH]c3cccc(C#N)c23)OC1(C)C. The molecule has 0 saturated carbocycles. The molecular weight excluding hydrogens is 251 g/mol. The number of aromatic amines is 1. The summed E-state index contributed by atoms with van der Waals surface area (Å²) in [5.41, 5.74) is 1.67. The Hall–Kier alpha value is -1.77. The topological polar surface area (TPSA) is 58.0 Å². The number of nitriles is 1. The van der Waals surface area contributed by atoms with E-state index < -0.39 is 7.12 Å². The van der Waals surface area contributed by atoms with Gasteiger partial charge in [-0.3, -0.25) is 0 Å². The number of rotatable bonds is 1. The Labute approximate surface area is 118 Å². The lowest BCUT2D eigenvalue weighted by Crippen LogP contribution is -2.41. The number of nitrogens with zero attached hydrogens (tertiary/aromatic N) is 1. The first-order valence-electron chi connectivity index (χ1n) is 6.71. The molecule has 0 spiro atoms. The van der Waals surface area contributed by atoms with Crippen molar-refractivity contribution in [1.82, 2.24) is 4.98 Å². The third-order valence-corrected chi connectivity index (χ3v) is 4.36. The van der Waals surface area contributed by atoms with Crippen LogP contribution in [0.5, 0.6) is 0 Å². The fourth-order valence-corrected chi connectivity index (χ4v) is 2.46. The van der Waals surface area contributed by atoms with E-state index in [1.807, 2.05) is 52.1 Å². The molecule has 0 amide bonds. The van der Waals surface area contributed by atoms with Crippen LogP contribution in [0.2, 0.25) is 0 Å². The second-order valence-corrected chi connectivity index (χ2v) is 6.17. The zero-order valence-corrected chi connectivity index (χ0v) is 12.2. The molecule has 1 N–H and O–H groups in total. The van der Waals surface area contributed by atoms with Crippen LogP contribution in [0, 0.1) is 11.3 Å². The zero-order valence-electron chi connectivity index (χ0n) is 12.2. The van der Waals surface area contributed by atoms with Gasteiger partial charge in [-0.25, -0.2) is 0 Å². The monoisotopic (exact) mass is 268 g/mol. The minimum atomic E-state index is -0.455. The minimum Gasteiger partial charge on any atom is -0.399 e. The summed E-state index contributed by atoms with van der Waals surface area (Å²) in [5, 5.41) is 10.2. The molecular formula is C15H17BN2O2. The van der Waals surface area contributed by atoms with E-state index in [2.05, 4.69) is 11.1 Å². The van der Waals surface area contributed by atoms with E-state index in [0.29, 0.717) is 5.56 Å². The summed E-state index contributed by atoms with van der Waals surface area (Å²) in [6, 6.07) is 7.86. The molecule has 1 aliphatic heterocycles. The molecule has 3 rings (SSSR count). The van der Waals surface area contributed by atoms with Crippen LogP contribution in [0.25, 0.3) is 10.9 Å². The molecule has 2 heterocycles. The lowest BCUT2D eigenvalue weighted by Gasteiger charge is -2.32. The first-order chi connectivity index (χ1) is 9.36. The van der Waals surface area contributed by atoms with Gasteiger partial charge in [-0.2, -0.15) is 5.26 Å². The maximum absolute atomic E-state index is 9.28. The molecule has 1 aromatic carbocycles. The quantitative estimate of drug-likeness (QED) is 0.807. The van der Waals surface area contributed by atoms with E-state index >= 15 is 0 Å². The van der Waals surface area contributed by atoms with E-state index in [1.165, 1.54) is 0 Å². The van der Waals surface area contributed by atoms with Crippen molar-refractivity contribution in [3.63, 3.8) is 0 Å². The molecule has 0 atom stereocenters. The van der Waals surface area contributed by atoms with Gasteiger partial charge in [0.25, 0.3) is 0 Å². The van der Waals surface area contributed by atoms with E-state index in [9.17, 15) is 5.26 Å². The summed E-state index contributed by atoms with van der Waals surface area (Å²) in [6.45, 7) is 8.08. The van der Waals surface area contributed by atoms with Gasteiger partial charge in [-0.05, 0) is 39.8 Å². The van der Waals surface area contributed by atoms with Gasteiger partial charge in [0.05, 0.1) is 22.8 Å². The molecule has 1 saturated heterocycles. The van der Waals surface area contributed by atoms with Crippen molar-refractivity contribution in [2.45, 2.75) is 38.9 Å². The first-order valence-corrected chi connectivity index (χ1v) is 6.71. The molecule has 0 bridgehead atoms. The first kappa shape index (κ1) is 13.2. The van der Waals surface area contributed by atoms with E-state index in [-0.39, 0.29) is 11.2 Å². The predicted octanol–water partition coefficient (Wildman–Crippen LogP) is 2.34. The highest BCUT2D eigenvalue weighted by Crippen LogP contribution is 2.37. The molecule has 1 aliphatic rings. The van der Waals surface area contributed by atoms with Crippen LogP contribution >= 0.6 is 0 Å².